The monoisotopic (exact) mass is 316 g/mol. The lowest BCUT2D eigenvalue weighted by Gasteiger charge is -2.03. The van der Waals surface area contributed by atoms with E-state index in [0.29, 0.717) is 11.3 Å². The maximum absolute atomic E-state index is 11.1. The number of rotatable bonds is 1. The molecule has 78 valence electrons. The molecule has 1 N–H and O–H groups in total. The average Bonchev–Trinajstić information content (AvgIpc) is 2.50. The average molecular weight is 316 g/mol. The maximum atomic E-state index is 11.1. The Morgan fingerprint density at radius 2 is 2.13 bits per heavy atom. The number of fused-ring (bicyclic) bond motifs is 1. The van der Waals surface area contributed by atoms with E-state index >= 15 is 0 Å². The second-order valence-electron chi connectivity index (χ2n) is 3.33. The van der Waals surface area contributed by atoms with E-state index in [9.17, 15) is 4.79 Å². The summed E-state index contributed by atoms with van der Waals surface area (Å²) in [7, 11) is 0. The van der Waals surface area contributed by atoms with Crippen LogP contribution < -0.4 is 0 Å². The Hall–Kier alpha value is -1.11. The van der Waals surface area contributed by atoms with Crippen LogP contribution in [0.2, 0.25) is 0 Å². The van der Waals surface area contributed by atoms with E-state index in [1.807, 2.05) is 19.1 Å². The highest BCUT2D eigenvalue weighted by Crippen LogP contribution is 2.19. The Balaban J connectivity index is 2.98. The largest absolute Gasteiger partial charge is 0.477 e. The summed E-state index contributed by atoms with van der Waals surface area (Å²) in [6.07, 6.45) is 0. The minimum Gasteiger partial charge on any atom is -0.477 e. The number of imidazole rings is 1. The van der Waals surface area contributed by atoms with E-state index in [2.05, 4.69) is 27.6 Å². The Kier molecular flexibility index (Phi) is 2.41. The molecule has 0 saturated heterocycles. The lowest BCUT2D eigenvalue weighted by molar-refractivity contribution is 0.0688. The molecule has 0 aliphatic carbocycles. The van der Waals surface area contributed by atoms with Crippen LogP contribution >= 0.6 is 22.6 Å². The van der Waals surface area contributed by atoms with Crippen LogP contribution in [0.4, 0.5) is 0 Å². The number of carboxylic acid groups (broad SMARTS) is 1. The number of carbonyl (C=O) groups is 1. The first-order valence-electron chi connectivity index (χ1n) is 4.40. The second-order valence-corrected chi connectivity index (χ2v) is 4.49. The second kappa shape index (κ2) is 3.48. The predicted molar refractivity (Wildman–Crippen MR) is 64.3 cm³/mol. The minimum atomic E-state index is -0.940. The molecular formula is C10H9IN2O2. The molecule has 15 heavy (non-hydrogen) atoms. The van der Waals surface area contributed by atoms with Gasteiger partial charge in [0.15, 0.2) is 11.3 Å². The summed E-state index contributed by atoms with van der Waals surface area (Å²) in [4.78, 5) is 15.4. The predicted octanol–water partition coefficient (Wildman–Crippen LogP) is 2.25. The maximum Gasteiger partial charge on any atom is 0.354 e. The Morgan fingerprint density at radius 1 is 1.47 bits per heavy atom. The van der Waals surface area contributed by atoms with E-state index in [0.717, 1.165) is 9.26 Å². The lowest BCUT2D eigenvalue weighted by atomic mass is 10.3. The van der Waals surface area contributed by atoms with Gasteiger partial charge in [-0.1, -0.05) is 0 Å². The molecule has 0 aliphatic rings. The van der Waals surface area contributed by atoms with Gasteiger partial charge < -0.3 is 5.11 Å². The van der Waals surface area contributed by atoms with Crippen LogP contribution in [0.15, 0.2) is 12.1 Å². The van der Waals surface area contributed by atoms with Crippen molar-refractivity contribution in [3.05, 3.63) is 32.8 Å². The molecular weight excluding hydrogens is 307 g/mol. The first kappa shape index (κ1) is 10.4. The molecule has 0 aromatic carbocycles. The van der Waals surface area contributed by atoms with Gasteiger partial charge in [-0.05, 0) is 48.6 Å². The minimum absolute atomic E-state index is 0.251. The zero-order valence-corrected chi connectivity index (χ0v) is 10.4. The molecule has 2 aromatic rings. The van der Waals surface area contributed by atoms with Crippen LogP contribution in [0.1, 0.15) is 21.9 Å². The van der Waals surface area contributed by atoms with Gasteiger partial charge in [-0.3, -0.25) is 4.40 Å². The van der Waals surface area contributed by atoms with Crippen LogP contribution in [-0.4, -0.2) is 20.5 Å². The topological polar surface area (TPSA) is 54.6 Å². The molecule has 0 amide bonds. The fourth-order valence-electron chi connectivity index (χ4n) is 1.63. The molecule has 0 saturated carbocycles. The summed E-state index contributed by atoms with van der Waals surface area (Å²) < 4.78 is 2.63. The van der Waals surface area contributed by atoms with Crippen molar-refractivity contribution in [2.45, 2.75) is 13.8 Å². The fraction of sp³-hybridized carbons (Fsp3) is 0.200. The third kappa shape index (κ3) is 1.50. The number of halogens is 1. The van der Waals surface area contributed by atoms with Gasteiger partial charge in [-0.2, -0.15) is 0 Å². The summed E-state index contributed by atoms with van der Waals surface area (Å²) in [6, 6.07) is 3.83. The number of carboxylic acids is 1. The summed E-state index contributed by atoms with van der Waals surface area (Å²) >= 11 is 2.15. The molecule has 0 spiro atoms. The van der Waals surface area contributed by atoms with E-state index < -0.39 is 5.97 Å². The zero-order valence-electron chi connectivity index (χ0n) is 8.28. The van der Waals surface area contributed by atoms with Crippen molar-refractivity contribution >= 4 is 34.2 Å². The number of aromatic nitrogens is 2. The molecule has 4 nitrogen and oxygen atoms in total. The molecule has 0 unspecified atom stereocenters. The van der Waals surface area contributed by atoms with Gasteiger partial charge in [0.1, 0.15) is 0 Å². The number of pyridine rings is 1. The molecule has 5 heteroatoms. The number of hydrogen-bond donors (Lipinski definition) is 1. The summed E-state index contributed by atoms with van der Waals surface area (Å²) in [6.45, 7) is 3.59. The summed E-state index contributed by atoms with van der Waals surface area (Å²) in [5.41, 5.74) is 2.39. The van der Waals surface area contributed by atoms with Crippen LogP contribution in [0, 0.1) is 17.4 Å². The van der Waals surface area contributed by atoms with Gasteiger partial charge >= 0.3 is 5.97 Å². The molecule has 0 aliphatic heterocycles. The van der Waals surface area contributed by atoms with Crippen molar-refractivity contribution in [3.63, 3.8) is 0 Å². The Bertz CT molecular complexity index is 560. The van der Waals surface area contributed by atoms with Crippen molar-refractivity contribution in [1.82, 2.24) is 9.38 Å². The third-order valence-corrected chi connectivity index (χ3v) is 3.13. The molecule has 0 bridgehead atoms. The van der Waals surface area contributed by atoms with Crippen molar-refractivity contribution in [1.29, 1.82) is 0 Å². The fourth-order valence-corrected chi connectivity index (χ4v) is 2.17. The number of nitrogens with zero attached hydrogens (tertiary/aromatic N) is 2. The molecule has 2 rings (SSSR count). The Labute approximate surface area is 100 Å². The van der Waals surface area contributed by atoms with Gasteiger partial charge in [0, 0.05) is 5.69 Å². The smallest absolute Gasteiger partial charge is 0.354 e. The zero-order chi connectivity index (χ0) is 11.2. The summed E-state index contributed by atoms with van der Waals surface area (Å²) in [5.74, 6) is -0.940. The normalized spacial score (nSPS) is 10.9. The van der Waals surface area contributed by atoms with Crippen molar-refractivity contribution in [2.24, 2.45) is 0 Å². The molecule has 2 heterocycles. The highest BCUT2D eigenvalue weighted by atomic mass is 127. The first-order chi connectivity index (χ1) is 7.02. The van der Waals surface area contributed by atoms with Crippen LogP contribution in [0.25, 0.3) is 5.65 Å². The molecule has 0 atom stereocenters. The van der Waals surface area contributed by atoms with Gasteiger partial charge in [0.05, 0.1) is 9.26 Å². The van der Waals surface area contributed by atoms with E-state index in [1.54, 1.807) is 11.3 Å². The first-order valence-corrected chi connectivity index (χ1v) is 5.47. The lowest BCUT2D eigenvalue weighted by Crippen LogP contribution is -2.06. The van der Waals surface area contributed by atoms with E-state index in [4.69, 9.17) is 5.11 Å². The SMILES string of the molecule is Cc1nc2c(I)ccc(C)n2c1C(=O)O. The van der Waals surface area contributed by atoms with Gasteiger partial charge in [-0.25, -0.2) is 9.78 Å². The van der Waals surface area contributed by atoms with Gasteiger partial charge in [-0.15, -0.1) is 0 Å². The molecule has 0 fully saturated rings. The Morgan fingerprint density at radius 3 is 2.73 bits per heavy atom. The van der Waals surface area contributed by atoms with Crippen molar-refractivity contribution in [3.8, 4) is 0 Å². The number of hydrogen-bond acceptors (Lipinski definition) is 2. The highest BCUT2D eigenvalue weighted by molar-refractivity contribution is 14.1. The van der Waals surface area contributed by atoms with Gasteiger partial charge in [0.2, 0.25) is 0 Å². The summed E-state index contributed by atoms with van der Waals surface area (Å²) in [5, 5.41) is 9.10. The molecule has 2 aromatic heterocycles. The highest BCUT2D eigenvalue weighted by Gasteiger charge is 2.17. The standard InChI is InChI=1S/C10H9IN2O2/c1-5-3-4-7(11)9-12-6(2)8(10(14)15)13(5)9/h3-4H,1-2H3,(H,14,15). The van der Waals surface area contributed by atoms with Crippen LogP contribution in [-0.2, 0) is 0 Å². The third-order valence-electron chi connectivity index (χ3n) is 2.29. The molecule has 0 radical (unpaired) electrons. The van der Waals surface area contributed by atoms with Crippen LogP contribution in [0.5, 0.6) is 0 Å². The van der Waals surface area contributed by atoms with E-state index in [-0.39, 0.29) is 5.69 Å². The number of aromatic carboxylic acids is 1. The van der Waals surface area contributed by atoms with Gasteiger partial charge in [0.25, 0.3) is 0 Å². The number of aryl methyl sites for hydroxylation is 2. The van der Waals surface area contributed by atoms with Crippen molar-refractivity contribution < 1.29 is 9.90 Å². The van der Waals surface area contributed by atoms with E-state index in [1.165, 1.54) is 0 Å². The van der Waals surface area contributed by atoms with Crippen LogP contribution in [0.3, 0.4) is 0 Å². The quantitative estimate of drug-likeness (QED) is 0.821. The van der Waals surface area contributed by atoms with Crippen molar-refractivity contribution in [2.75, 3.05) is 0 Å².